The topological polar surface area (TPSA) is 133 Å². The number of nitrogens with two attached hydrogens (primary N) is 1. The van der Waals surface area contributed by atoms with E-state index < -0.39 is 26.2 Å². The van der Waals surface area contributed by atoms with Crippen LogP contribution in [0, 0.1) is 0 Å². The molecule has 39 heavy (non-hydrogen) atoms. The van der Waals surface area contributed by atoms with E-state index in [1.54, 1.807) is 27.7 Å². The monoisotopic (exact) mass is 580 g/mol. The van der Waals surface area contributed by atoms with E-state index >= 15 is 0 Å². The zero-order valence-corrected chi connectivity index (χ0v) is 26.4. The maximum Gasteiger partial charge on any atom is 0.409 e. The molecular weight excluding hydrogens is 536 g/mol. The largest absolute Gasteiger partial charge is 0.409 e. The zero-order valence-electron chi connectivity index (χ0n) is 24.7. The van der Waals surface area contributed by atoms with Gasteiger partial charge in [0, 0.05) is 11.1 Å². The predicted octanol–water partition coefficient (Wildman–Crippen LogP) is 5.93. The van der Waals surface area contributed by atoms with Crippen LogP contribution in [0.1, 0.15) is 132 Å². The number of carbonyl (C=O) groups excluding carboxylic acids is 1. The van der Waals surface area contributed by atoms with Crippen molar-refractivity contribution < 1.29 is 25.8 Å². The minimum Gasteiger partial charge on any atom is -0.366 e. The van der Waals surface area contributed by atoms with E-state index in [-0.39, 0.29) is 40.7 Å². The number of nitrogens with one attached hydrogen (secondary N) is 1. The zero-order chi connectivity index (χ0) is 30.0. The number of primary sulfonamides is 1. The smallest absolute Gasteiger partial charge is 0.366 e. The van der Waals surface area contributed by atoms with Crippen LogP contribution >= 0.6 is 0 Å². The van der Waals surface area contributed by atoms with Crippen LogP contribution in [-0.4, -0.2) is 22.7 Å². The molecule has 0 saturated carbocycles. The highest BCUT2D eigenvalue weighted by Crippen LogP contribution is 2.38. The number of hydrogen-bond acceptors (Lipinski definition) is 6. The summed E-state index contributed by atoms with van der Waals surface area (Å²) >= 11 is 0. The molecule has 0 aliphatic heterocycles. The second-order valence-corrected chi connectivity index (χ2v) is 14.5. The molecule has 10 heteroatoms. The fourth-order valence-corrected chi connectivity index (χ4v) is 5.93. The lowest BCUT2D eigenvalue weighted by molar-refractivity contribution is -0.118. The van der Waals surface area contributed by atoms with E-state index in [9.17, 15) is 21.6 Å². The molecule has 0 atom stereocenters. The molecule has 3 N–H and O–H groups in total. The molecule has 1 amide bonds. The Balaban J connectivity index is 2.51. The van der Waals surface area contributed by atoms with Gasteiger partial charge in [0.05, 0.1) is 11.3 Å². The third-order valence-corrected chi connectivity index (χ3v) is 8.47. The minimum absolute atomic E-state index is 0.000254. The lowest BCUT2D eigenvalue weighted by Crippen LogP contribution is -2.36. The fraction of sp³-hybridized carbons (Fsp3) is 0.552. The summed E-state index contributed by atoms with van der Waals surface area (Å²) in [5, 5.41) is 5.36. The Morgan fingerprint density at radius 3 is 1.46 bits per heavy atom. The van der Waals surface area contributed by atoms with Crippen LogP contribution in [0.2, 0.25) is 0 Å². The summed E-state index contributed by atoms with van der Waals surface area (Å²) in [6.45, 7) is 19.6. The van der Waals surface area contributed by atoms with E-state index in [0.29, 0.717) is 17.0 Å². The van der Waals surface area contributed by atoms with Gasteiger partial charge in [-0.2, -0.15) is 8.42 Å². The second-order valence-electron chi connectivity index (χ2n) is 11.7. The van der Waals surface area contributed by atoms with Gasteiger partial charge in [-0.3, -0.25) is 4.79 Å². The van der Waals surface area contributed by atoms with Crippen molar-refractivity contribution in [3.63, 3.8) is 0 Å². The van der Waals surface area contributed by atoms with Gasteiger partial charge in [-0.25, -0.2) is 18.3 Å². The van der Waals surface area contributed by atoms with Crippen molar-refractivity contribution in [1.82, 2.24) is 4.72 Å². The first-order valence-electron chi connectivity index (χ1n) is 13.4. The molecule has 0 spiro atoms. The fourth-order valence-electron chi connectivity index (χ4n) is 4.54. The quantitative estimate of drug-likeness (QED) is 0.338. The van der Waals surface area contributed by atoms with Gasteiger partial charge in [0.2, 0.25) is 15.9 Å². The molecule has 2 rings (SSSR count). The van der Waals surface area contributed by atoms with Gasteiger partial charge in [-0.1, -0.05) is 81.4 Å². The van der Waals surface area contributed by atoms with Gasteiger partial charge in [0.15, 0.2) is 5.75 Å². The molecule has 8 nitrogen and oxygen atoms in total. The third kappa shape index (κ3) is 8.28. The highest BCUT2D eigenvalue weighted by Gasteiger charge is 2.27. The number of hydrogen-bond donors (Lipinski definition) is 2. The van der Waals surface area contributed by atoms with Gasteiger partial charge in [0.25, 0.3) is 0 Å². The molecule has 0 heterocycles. The lowest BCUT2D eigenvalue weighted by atomic mass is 9.83. The molecule has 0 aliphatic carbocycles. The molecular formula is C29H44N2O6S2. The summed E-state index contributed by atoms with van der Waals surface area (Å²) in [5.74, 6) is -0.705. The molecule has 0 aromatic heterocycles. The molecule has 0 bridgehead atoms. The molecule has 2 aromatic rings. The Kier molecular flexibility index (Phi) is 10.4. The van der Waals surface area contributed by atoms with E-state index in [2.05, 4.69) is 58.4 Å². The van der Waals surface area contributed by atoms with Crippen molar-refractivity contribution in [2.45, 2.75) is 110 Å². The van der Waals surface area contributed by atoms with Crippen LogP contribution < -0.4 is 14.0 Å². The van der Waals surface area contributed by atoms with Crippen LogP contribution in [0.25, 0.3) is 0 Å². The normalized spacial score (nSPS) is 12.7. The number of benzene rings is 2. The SMILES string of the molecule is CC(C)c1cc(C(C)C)c(CC(=O)NS(=O)(=O)Oc2c(C(C)C)cc(S(N)(=O)=O)cc2C(C)C)c(C(C)C)c1. The average Bonchev–Trinajstić information content (AvgIpc) is 2.76. The van der Waals surface area contributed by atoms with Crippen molar-refractivity contribution in [2.75, 3.05) is 0 Å². The van der Waals surface area contributed by atoms with Gasteiger partial charge in [0.1, 0.15) is 0 Å². The molecule has 0 saturated heterocycles. The molecule has 0 radical (unpaired) electrons. The summed E-state index contributed by atoms with van der Waals surface area (Å²) in [6.07, 6.45) is -0.125. The van der Waals surface area contributed by atoms with Crippen molar-refractivity contribution in [3.8, 4) is 5.75 Å². The third-order valence-electron chi connectivity index (χ3n) is 6.71. The number of rotatable bonds is 11. The van der Waals surface area contributed by atoms with Crippen LogP contribution in [0.3, 0.4) is 0 Å². The first kappa shape index (κ1) is 32.8. The Morgan fingerprint density at radius 1 is 0.718 bits per heavy atom. The molecule has 218 valence electrons. The van der Waals surface area contributed by atoms with Crippen molar-refractivity contribution >= 4 is 26.2 Å². The molecule has 2 aromatic carbocycles. The minimum atomic E-state index is -4.58. The maximum absolute atomic E-state index is 13.1. The van der Waals surface area contributed by atoms with Crippen LogP contribution in [0.5, 0.6) is 5.75 Å². The van der Waals surface area contributed by atoms with Gasteiger partial charge in [-0.15, -0.1) is 0 Å². The van der Waals surface area contributed by atoms with Crippen LogP contribution in [0.4, 0.5) is 0 Å². The van der Waals surface area contributed by atoms with E-state index in [0.717, 1.165) is 16.7 Å². The number of amides is 1. The highest BCUT2D eigenvalue weighted by atomic mass is 32.2. The van der Waals surface area contributed by atoms with Crippen molar-refractivity contribution in [2.24, 2.45) is 5.14 Å². The molecule has 0 fully saturated rings. The lowest BCUT2D eigenvalue weighted by Gasteiger charge is -2.23. The Hall–Kier alpha value is -2.43. The summed E-state index contributed by atoms with van der Waals surface area (Å²) in [6, 6.07) is 6.84. The highest BCUT2D eigenvalue weighted by molar-refractivity contribution is 7.89. The summed E-state index contributed by atoms with van der Waals surface area (Å²) in [4.78, 5) is 13.0. The van der Waals surface area contributed by atoms with Gasteiger partial charge < -0.3 is 4.18 Å². The Morgan fingerprint density at radius 2 is 1.13 bits per heavy atom. The number of sulfonamides is 1. The summed E-state index contributed by atoms with van der Waals surface area (Å²) in [5.41, 5.74) is 4.74. The van der Waals surface area contributed by atoms with Crippen molar-refractivity contribution in [3.05, 3.63) is 57.6 Å². The van der Waals surface area contributed by atoms with Gasteiger partial charge >= 0.3 is 10.3 Å². The Bertz CT molecular complexity index is 1370. The van der Waals surface area contributed by atoms with E-state index in [4.69, 9.17) is 9.32 Å². The van der Waals surface area contributed by atoms with Gasteiger partial charge in [-0.05, 0) is 64.0 Å². The predicted molar refractivity (Wildman–Crippen MR) is 156 cm³/mol. The molecule has 0 unspecified atom stereocenters. The molecule has 0 aliphatic rings. The van der Waals surface area contributed by atoms with Crippen LogP contribution in [0.15, 0.2) is 29.2 Å². The Labute approximate surface area is 235 Å². The second kappa shape index (κ2) is 12.4. The first-order chi connectivity index (χ1) is 17.7. The van der Waals surface area contributed by atoms with E-state index in [1.807, 2.05) is 0 Å². The standard InChI is InChI=1S/C29H44N2O6S2/c1-16(2)21-11-23(17(3)4)27(24(12-21)18(5)6)15-28(32)31-39(35,36)37-29-25(19(7)8)13-22(38(30,33)34)14-26(29)20(9)10/h11-14,16-20H,15H2,1-10H3,(H,31,32)(H2,30,33,34). The number of carbonyl (C=O) groups is 1. The first-order valence-corrected chi connectivity index (χ1v) is 16.3. The van der Waals surface area contributed by atoms with E-state index in [1.165, 1.54) is 17.7 Å². The van der Waals surface area contributed by atoms with Crippen molar-refractivity contribution in [1.29, 1.82) is 0 Å². The van der Waals surface area contributed by atoms with Crippen LogP contribution in [-0.2, 0) is 31.5 Å². The summed E-state index contributed by atoms with van der Waals surface area (Å²) < 4.78 is 57.9. The maximum atomic E-state index is 13.1. The average molecular weight is 581 g/mol. The summed E-state index contributed by atoms with van der Waals surface area (Å²) in [7, 11) is -8.62.